The molecule has 1 aromatic carbocycles. The zero-order valence-electron chi connectivity index (χ0n) is 15.7. The molecule has 2 N–H and O–H groups in total. The smallest absolute Gasteiger partial charge is 0.319 e. The van der Waals surface area contributed by atoms with Crippen molar-refractivity contribution in [3.8, 4) is 11.5 Å². The minimum atomic E-state index is -0.431. The van der Waals surface area contributed by atoms with Gasteiger partial charge in [0.25, 0.3) is 0 Å². The lowest BCUT2D eigenvalue weighted by Crippen LogP contribution is -2.37. The summed E-state index contributed by atoms with van der Waals surface area (Å²) >= 11 is 6.12. The molecule has 3 rings (SSSR count). The second-order valence-electron chi connectivity index (χ2n) is 5.93. The largest absolute Gasteiger partial charge is 0.495 e. The quantitative estimate of drug-likeness (QED) is 0.758. The van der Waals surface area contributed by atoms with E-state index in [1.165, 1.54) is 14.2 Å². The summed E-state index contributed by atoms with van der Waals surface area (Å²) in [7, 11) is 3.00. The van der Waals surface area contributed by atoms with Gasteiger partial charge in [-0.2, -0.15) is 0 Å². The normalized spacial score (nSPS) is 13.8. The number of urea groups is 1. The average Bonchev–Trinajstić information content (AvgIpc) is 2.73. The number of morpholine rings is 1. The number of methoxy groups -OCH3 is 2. The highest BCUT2D eigenvalue weighted by molar-refractivity contribution is 6.32. The van der Waals surface area contributed by atoms with E-state index in [9.17, 15) is 4.79 Å². The summed E-state index contributed by atoms with van der Waals surface area (Å²) in [5, 5.41) is 5.79. The molecule has 0 unspecified atom stereocenters. The predicted molar refractivity (Wildman–Crippen MR) is 105 cm³/mol. The number of nitrogens with one attached hydrogen (secondary N) is 2. The van der Waals surface area contributed by atoms with E-state index in [0.29, 0.717) is 41.2 Å². The van der Waals surface area contributed by atoms with Gasteiger partial charge in [0.2, 0.25) is 0 Å². The number of amides is 2. The number of ether oxygens (including phenoxy) is 3. The summed E-state index contributed by atoms with van der Waals surface area (Å²) in [4.78, 5) is 23.1. The van der Waals surface area contributed by atoms with Crippen molar-refractivity contribution in [2.24, 2.45) is 0 Å². The Labute approximate surface area is 168 Å². The lowest BCUT2D eigenvalue weighted by atomic mass is 10.2. The number of rotatable bonds is 6. The molecule has 0 bridgehead atoms. The molecule has 1 saturated heterocycles. The third-order valence-corrected chi connectivity index (χ3v) is 4.45. The van der Waals surface area contributed by atoms with Gasteiger partial charge in [-0.25, -0.2) is 14.8 Å². The second-order valence-corrected chi connectivity index (χ2v) is 6.33. The Bertz CT molecular complexity index is 830. The van der Waals surface area contributed by atoms with Crippen molar-refractivity contribution >= 4 is 29.1 Å². The second kappa shape index (κ2) is 9.43. The number of aromatic nitrogens is 2. The Morgan fingerprint density at radius 3 is 2.71 bits per heavy atom. The van der Waals surface area contributed by atoms with Crippen LogP contribution in [0.15, 0.2) is 24.4 Å². The number of anilines is 2. The fourth-order valence-electron chi connectivity index (χ4n) is 2.73. The lowest BCUT2D eigenvalue weighted by molar-refractivity contribution is 0.122. The third-order valence-electron chi connectivity index (χ3n) is 4.16. The number of benzene rings is 1. The number of carbonyl (C=O) groups is 1. The van der Waals surface area contributed by atoms with Crippen LogP contribution in [0.25, 0.3) is 0 Å². The van der Waals surface area contributed by atoms with E-state index in [4.69, 9.17) is 25.8 Å². The first kappa shape index (κ1) is 20.0. The SMILES string of the molecule is COc1cc(OC)c(NC(=O)NCc2nccc(N3CCOCC3)n2)cc1Cl. The standard InChI is InChI=1S/C18H22ClN5O4/c1-26-14-10-15(27-2)13(9-12(14)19)22-18(25)21-11-16-20-4-3-17(23-16)24-5-7-28-8-6-24/h3-4,9-10H,5-8,11H2,1-2H3,(H2,21,22,25). The highest BCUT2D eigenvalue weighted by atomic mass is 35.5. The fraction of sp³-hybridized carbons (Fsp3) is 0.389. The first-order valence-electron chi connectivity index (χ1n) is 8.71. The first-order valence-corrected chi connectivity index (χ1v) is 9.09. The maximum Gasteiger partial charge on any atom is 0.319 e. The third kappa shape index (κ3) is 4.93. The minimum absolute atomic E-state index is 0.177. The average molecular weight is 408 g/mol. The molecule has 2 amide bonds. The van der Waals surface area contributed by atoms with Crippen LogP contribution in [-0.4, -0.2) is 56.5 Å². The monoisotopic (exact) mass is 407 g/mol. The molecule has 0 radical (unpaired) electrons. The van der Waals surface area contributed by atoms with Crippen molar-refractivity contribution in [1.29, 1.82) is 0 Å². The molecule has 2 heterocycles. The van der Waals surface area contributed by atoms with Gasteiger partial charge in [-0.15, -0.1) is 0 Å². The fourth-order valence-corrected chi connectivity index (χ4v) is 2.97. The molecule has 150 valence electrons. The lowest BCUT2D eigenvalue weighted by Gasteiger charge is -2.27. The van der Waals surface area contributed by atoms with Gasteiger partial charge >= 0.3 is 6.03 Å². The molecule has 0 aliphatic carbocycles. The van der Waals surface area contributed by atoms with Crippen LogP contribution in [0, 0.1) is 0 Å². The molecule has 1 aliphatic heterocycles. The predicted octanol–water partition coefficient (Wildman–Crippen LogP) is 2.31. The van der Waals surface area contributed by atoms with Crippen LogP contribution in [-0.2, 0) is 11.3 Å². The Hall–Kier alpha value is -2.78. The van der Waals surface area contributed by atoms with Crippen molar-refractivity contribution in [2.45, 2.75) is 6.54 Å². The number of hydrogen-bond donors (Lipinski definition) is 2. The van der Waals surface area contributed by atoms with Crippen LogP contribution in [0.4, 0.5) is 16.3 Å². The Morgan fingerprint density at radius 1 is 1.25 bits per heavy atom. The van der Waals surface area contributed by atoms with Gasteiger partial charge in [0.1, 0.15) is 23.1 Å². The molecule has 2 aromatic rings. The minimum Gasteiger partial charge on any atom is -0.495 e. The van der Waals surface area contributed by atoms with Crippen molar-refractivity contribution in [3.05, 3.63) is 35.2 Å². The molecule has 28 heavy (non-hydrogen) atoms. The maximum atomic E-state index is 12.3. The van der Waals surface area contributed by atoms with Gasteiger partial charge in [-0.05, 0) is 12.1 Å². The molecule has 1 aliphatic rings. The van der Waals surface area contributed by atoms with Crippen molar-refractivity contribution < 1.29 is 19.0 Å². The summed E-state index contributed by atoms with van der Waals surface area (Å²) in [5.41, 5.74) is 0.425. The molecule has 0 spiro atoms. The van der Waals surface area contributed by atoms with Crippen LogP contribution in [0.1, 0.15) is 5.82 Å². The van der Waals surface area contributed by atoms with Crippen LogP contribution in [0.3, 0.4) is 0 Å². The molecule has 1 fully saturated rings. The molecule has 0 atom stereocenters. The number of carbonyl (C=O) groups excluding carboxylic acids is 1. The number of nitrogens with zero attached hydrogens (tertiary/aromatic N) is 3. The van der Waals surface area contributed by atoms with E-state index >= 15 is 0 Å². The molecule has 1 aromatic heterocycles. The zero-order valence-corrected chi connectivity index (χ0v) is 16.5. The highest BCUT2D eigenvalue weighted by Gasteiger charge is 2.15. The summed E-state index contributed by atoms with van der Waals surface area (Å²) in [5.74, 6) is 2.22. The van der Waals surface area contributed by atoms with Gasteiger partial charge < -0.3 is 29.7 Å². The first-order chi connectivity index (χ1) is 13.6. The van der Waals surface area contributed by atoms with E-state index in [-0.39, 0.29) is 6.54 Å². The Kier molecular flexibility index (Phi) is 6.72. The number of halogens is 1. The maximum absolute atomic E-state index is 12.3. The van der Waals surface area contributed by atoms with E-state index in [1.54, 1.807) is 18.3 Å². The van der Waals surface area contributed by atoms with Crippen LogP contribution in [0.5, 0.6) is 11.5 Å². The van der Waals surface area contributed by atoms with Gasteiger partial charge in [-0.1, -0.05) is 11.6 Å². The zero-order chi connectivity index (χ0) is 19.9. The van der Waals surface area contributed by atoms with Crippen molar-refractivity contribution in [1.82, 2.24) is 15.3 Å². The number of hydrogen-bond acceptors (Lipinski definition) is 7. The summed E-state index contributed by atoms with van der Waals surface area (Å²) in [6.07, 6.45) is 1.68. The summed E-state index contributed by atoms with van der Waals surface area (Å²) < 4.78 is 15.8. The summed E-state index contributed by atoms with van der Waals surface area (Å²) in [6.45, 7) is 3.08. The van der Waals surface area contributed by atoms with Crippen LogP contribution >= 0.6 is 11.6 Å². The molecule has 9 nitrogen and oxygen atoms in total. The van der Waals surface area contributed by atoms with E-state index in [1.807, 2.05) is 6.07 Å². The molecular weight excluding hydrogens is 386 g/mol. The van der Waals surface area contributed by atoms with E-state index in [2.05, 4.69) is 25.5 Å². The van der Waals surface area contributed by atoms with E-state index < -0.39 is 6.03 Å². The van der Waals surface area contributed by atoms with Crippen molar-refractivity contribution in [2.75, 3.05) is 50.7 Å². The topological polar surface area (TPSA) is 97.8 Å². The molecular formula is C18H22ClN5O4. The van der Waals surface area contributed by atoms with E-state index in [0.717, 1.165) is 18.9 Å². The van der Waals surface area contributed by atoms with Crippen molar-refractivity contribution in [3.63, 3.8) is 0 Å². The molecule has 10 heteroatoms. The van der Waals surface area contributed by atoms with Gasteiger partial charge in [0.15, 0.2) is 0 Å². The van der Waals surface area contributed by atoms with Crippen LogP contribution < -0.4 is 25.0 Å². The van der Waals surface area contributed by atoms with Gasteiger partial charge in [0, 0.05) is 25.4 Å². The van der Waals surface area contributed by atoms with Gasteiger partial charge in [-0.3, -0.25) is 0 Å². The van der Waals surface area contributed by atoms with Gasteiger partial charge in [0.05, 0.1) is 44.7 Å². The molecule has 0 saturated carbocycles. The van der Waals surface area contributed by atoms with Crippen LogP contribution in [0.2, 0.25) is 5.02 Å². The Balaban J connectivity index is 1.61. The summed E-state index contributed by atoms with van der Waals surface area (Å²) in [6, 6.07) is 4.58. The Morgan fingerprint density at radius 2 is 2.00 bits per heavy atom. The highest BCUT2D eigenvalue weighted by Crippen LogP contribution is 2.35.